The molecule has 0 heterocycles. The number of hydrogen-bond acceptors (Lipinski definition) is 2. The van der Waals surface area contributed by atoms with E-state index in [2.05, 4.69) is 5.32 Å². The number of halogens is 1. The molecule has 2 N–H and O–H groups in total. The third-order valence-electron chi connectivity index (χ3n) is 2.74. The predicted molar refractivity (Wildman–Crippen MR) is 76.9 cm³/mol. The van der Waals surface area contributed by atoms with Crippen molar-refractivity contribution in [3.05, 3.63) is 65.5 Å². The van der Waals surface area contributed by atoms with Crippen LogP contribution in [-0.4, -0.2) is 11.0 Å². The first-order valence-electron chi connectivity index (χ1n) is 6.09. The number of carbonyl (C=O) groups excluding carboxylic acids is 1. The molecule has 2 rings (SSSR count). The van der Waals surface area contributed by atoms with E-state index in [-0.39, 0.29) is 17.5 Å². The largest absolute Gasteiger partial charge is 0.508 e. The first-order valence-corrected chi connectivity index (χ1v) is 6.09. The number of nitrogens with one attached hydrogen (secondary N) is 1. The fourth-order valence-corrected chi connectivity index (χ4v) is 1.74. The first-order chi connectivity index (χ1) is 9.54. The van der Waals surface area contributed by atoms with Crippen molar-refractivity contribution in [2.75, 3.05) is 5.32 Å². The van der Waals surface area contributed by atoms with Crippen LogP contribution in [0.15, 0.2) is 48.5 Å². The summed E-state index contributed by atoms with van der Waals surface area (Å²) in [6.07, 6.45) is 2.87. The van der Waals surface area contributed by atoms with E-state index in [4.69, 9.17) is 0 Å². The third kappa shape index (κ3) is 3.68. The molecule has 0 atom stereocenters. The van der Waals surface area contributed by atoms with Gasteiger partial charge in [-0.25, -0.2) is 4.39 Å². The van der Waals surface area contributed by atoms with Gasteiger partial charge in [0.1, 0.15) is 11.6 Å². The molecule has 20 heavy (non-hydrogen) atoms. The zero-order valence-corrected chi connectivity index (χ0v) is 10.9. The van der Waals surface area contributed by atoms with Crippen LogP contribution in [0.5, 0.6) is 5.75 Å². The number of anilines is 1. The van der Waals surface area contributed by atoms with Crippen molar-refractivity contribution in [2.24, 2.45) is 0 Å². The average molecular weight is 271 g/mol. The fraction of sp³-hybridized carbons (Fsp3) is 0.0625. The SMILES string of the molecule is Cc1cc(O)ccc1NC(=O)/C=C/c1cccc(F)c1. The summed E-state index contributed by atoms with van der Waals surface area (Å²) in [7, 11) is 0. The molecule has 102 valence electrons. The Bertz CT molecular complexity index is 665. The van der Waals surface area contributed by atoms with Gasteiger partial charge < -0.3 is 10.4 Å². The molecule has 0 saturated carbocycles. The molecule has 0 bridgehead atoms. The van der Waals surface area contributed by atoms with E-state index in [0.717, 1.165) is 5.56 Å². The van der Waals surface area contributed by atoms with Crippen molar-refractivity contribution in [2.45, 2.75) is 6.92 Å². The smallest absolute Gasteiger partial charge is 0.248 e. The molecule has 0 aromatic heterocycles. The Morgan fingerprint density at radius 1 is 1.25 bits per heavy atom. The highest BCUT2D eigenvalue weighted by molar-refractivity contribution is 6.02. The van der Waals surface area contributed by atoms with Crippen molar-refractivity contribution < 1.29 is 14.3 Å². The van der Waals surface area contributed by atoms with Gasteiger partial charge in [0, 0.05) is 11.8 Å². The number of rotatable bonds is 3. The number of hydrogen-bond donors (Lipinski definition) is 2. The standard InChI is InChI=1S/C16H14FNO2/c1-11-9-14(19)6-7-15(11)18-16(20)8-5-12-3-2-4-13(17)10-12/h2-10,19H,1H3,(H,18,20)/b8-5+. The Labute approximate surface area is 116 Å². The summed E-state index contributed by atoms with van der Waals surface area (Å²) < 4.78 is 13.0. The molecule has 0 radical (unpaired) electrons. The van der Waals surface area contributed by atoms with Crippen LogP contribution in [0.4, 0.5) is 10.1 Å². The summed E-state index contributed by atoms with van der Waals surface area (Å²) in [5, 5.41) is 12.0. The lowest BCUT2D eigenvalue weighted by Crippen LogP contribution is -2.08. The minimum Gasteiger partial charge on any atom is -0.508 e. The summed E-state index contributed by atoms with van der Waals surface area (Å²) in [5.41, 5.74) is 2.00. The minimum atomic E-state index is -0.345. The number of benzene rings is 2. The maximum atomic E-state index is 13.0. The minimum absolute atomic E-state index is 0.149. The molecular weight excluding hydrogens is 257 g/mol. The first kappa shape index (κ1) is 13.8. The van der Waals surface area contributed by atoms with Crippen LogP contribution >= 0.6 is 0 Å². The lowest BCUT2D eigenvalue weighted by Gasteiger charge is -2.06. The third-order valence-corrected chi connectivity index (χ3v) is 2.74. The van der Waals surface area contributed by atoms with E-state index in [1.54, 1.807) is 31.2 Å². The molecular formula is C16H14FNO2. The topological polar surface area (TPSA) is 49.3 Å². The van der Waals surface area contributed by atoms with E-state index in [0.29, 0.717) is 11.3 Å². The maximum absolute atomic E-state index is 13.0. The number of phenols is 1. The molecule has 0 saturated heterocycles. The second-order valence-corrected chi connectivity index (χ2v) is 4.38. The highest BCUT2D eigenvalue weighted by Gasteiger charge is 2.02. The van der Waals surface area contributed by atoms with Crippen LogP contribution in [0.25, 0.3) is 6.08 Å². The van der Waals surface area contributed by atoms with Crippen molar-refractivity contribution in [3.8, 4) is 5.75 Å². The number of aryl methyl sites for hydroxylation is 1. The summed E-state index contributed by atoms with van der Waals surface area (Å²) >= 11 is 0. The molecule has 0 aliphatic rings. The molecule has 4 heteroatoms. The van der Waals surface area contributed by atoms with E-state index in [1.165, 1.54) is 30.4 Å². The summed E-state index contributed by atoms with van der Waals surface area (Å²) in [4.78, 5) is 11.8. The highest BCUT2D eigenvalue weighted by atomic mass is 19.1. The zero-order chi connectivity index (χ0) is 14.5. The van der Waals surface area contributed by atoms with Gasteiger partial charge in [0.05, 0.1) is 0 Å². The van der Waals surface area contributed by atoms with Gasteiger partial charge in [-0.1, -0.05) is 12.1 Å². The summed E-state index contributed by atoms with van der Waals surface area (Å²) in [6.45, 7) is 1.78. The number of aromatic hydroxyl groups is 1. The average Bonchev–Trinajstić information content (AvgIpc) is 2.40. The molecule has 3 nitrogen and oxygen atoms in total. The quantitative estimate of drug-likeness (QED) is 0.663. The lowest BCUT2D eigenvalue weighted by molar-refractivity contribution is -0.111. The van der Waals surface area contributed by atoms with Gasteiger partial charge in [0.25, 0.3) is 0 Å². The van der Waals surface area contributed by atoms with Crippen LogP contribution in [0, 0.1) is 12.7 Å². The Morgan fingerprint density at radius 2 is 2.05 bits per heavy atom. The molecule has 0 aliphatic carbocycles. The highest BCUT2D eigenvalue weighted by Crippen LogP contribution is 2.20. The van der Waals surface area contributed by atoms with Crippen LogP contribution < -0.4 is 5.32 Å². The van der Waals surface area contributed by atoms with Gasteiger partial charge in [0.2, 0.25) is 5.91 Å². The van der Waals surface area contributed by atoms with Crippen LogP contribution in [0.2, 0.25) is 0 Å². The van der Waals surface area contributed by atoms with Crippen LogP contribution in [-0.2, 0) is 4.79 Å². The van der Waals surface area contributed by atoms with E-state index in [9.17, 15) is 14.3 Å². The number of phenolic OH excluding ortho intramolecular Hbond substituents is 1. The van der Waals surface area contributed by atoms with Gasteiger partial charge in [-0.3, -0.25) is 4.79 Å². The van der Waals surface area contributed by atoms with Gasteiger partial charge >= 0.3 is 0 Å². The maximum Gasteiger partial charge on any atom is 0.248 e. The van der Waals surface area contributed by atoms with Crippen LogP contribution in [0.3, 0.4) is 0 Å². The fourth-order valence-electron chi connectivity index (χ4n) is 1.74. The monoisotopic (exact) mass is 271 g/mol. The van der Waals surface area contributed by atoms with Crippen molar-refractivity contribution in [1.82, 2.24) is 0 Å². The number of carbonyl (C=O) groups is 1. The molecule has 0 spiro atoms. The number of amides is 1. The molecule has 2 aromatic carbocycles. The van der Waals surface area contributed by atoms with E-state index < -0.39 is 0 Å². The Morgan fingerprint density at radius 3 is 2.75 bits per heavy atom. The van der Waals surface area contributed by atoms with E-state index in [1.807, 2.05) is 0 Å². The van der Waals surface area contributed by atoms with Crippen molar-refractivity contribution in [3.63, 3.8) is 0 Å². The van der Waals surface area contributed by atoms with Gasteiger partial charge in [-0.05, 0) is 54.5 Å². The van der Waals surface area contributed by atoms with Gasteiger partial charge in [0.15, 0.2) is 0 Å². The Kier molecular flexibility index (Phi) is 4.15. The lowest BCUT2D eigenvalue weighted by atomic mass is 10.2. The van der Waals surface area contributed by atoms with Crippen molar-refractivity contribution in [1.29, 1.82) is 0 Å². The Hall–Kier alpha value is -2.62. The molecule has 0 fully saturated rings. The van der Waals surface area contributed by atoms with Gasteiger partial charge in [-0.2, -0.15) is 0 Å². The molecule has 0 aliphatic heterocycles. The zero-order valence-electron chi connectivity index (χ0n) is 10.9. The second kappa shape index (κ2) is 6.02. The predicted octanol–water partition coefficient (Wildman–Crippen LogP) is 3.49. The molecule has 2 aromatic rings. The van der Waals surface area contributed by atoms with Crippen molar-refractivity contribution >= 4 is 17.7 Å². The van der Waals surface area contributed by atoms with Gasteiger partial charge in [-0.15, -0.1) is 0 Å². The van der Waals surface area contributed by atoms with Crippen LogP contribution in [0.1, 0.15) is 11.1 Å². The summed E-state index contributed by atoms with van der Waals surface area (Å²) in [6, 6.07) is 10.7. The van der Waals surface area contributed by atoms with E-state index >= 15 is 0 Å². The Balaban J connectivity index is 2.05. The molecule has 1 amide bonds. The summed E-state index contributed by atoms with van der Waals surface area (Å²) in [5.74, 6) is -0.513. The second-order valence-electron chi connectivity index (χ2n) is 4.38. The molecule has 0 unspecified atom stereocenters. The normalized spacial score (nSPS) is 10.7.